The molecule has 0 spiro atoms. The molecule has 72 valence electrons. The summed E-state index contributed by atoms with van der Waals surface area (Å²) in [6.45, 7) is 3.79. The van der Waals surface area contributed by atoms with Gasteiger partial charge in [-0.15, -0.1) is 0 Å². The molecule has 0 aromatic heterocycles. The average Bonchev–Trinajstić information content (AvgIpc) is 2.07. The third-order valence-electron chi connectivity index (χ3n) is 2.28. The van der Waals surface area contributed by atoms with Crippen LogP contribution < -0.4 is 0 Å². The van der Waals surface area contributed by atoms with E-state index in [2.05, 4.69) is 4.99 Å². The van der Waals surface area contributed by atoms with E-state index in [9.17, 15) is 4.79 Å². The molecule has 2 nitrogen and oxygen atoms in total. The minimum Gasteiger partial charge on any atom is -0.294 e. The first-order valence-corrected chi connectivity index (χ1v) is 4.83. The maximum Gasteiger partial charge on any atom is 0.170 e. The van der Waals surface area contributed by atoms with Crippen molar-refractivity contribution in [2.45, 2.75) is 20.3 Å². The predicted octanol–water partition coefficient (Wildman–Crippen LogP) is 3.33. The van der Waals surface area contributed by atoms with Crippen LogP contribution in [-0.2, 0) is 0 Å². The number of benzene rings is 1. The van der Waals surface area contributed by atoms with Gasteiger partial charge in [0.1, 0.15) is 0 Å². The summed E-state index contributed by atoms with van der Waals surface area (Å²) in [6.07, 6.45) is 0.410. The number of aryl methyl sites for hydroxylation is 1. The molecule has 1 heterocycles. The lowest BCUT2D eigenvalue weighted by Gasteiger charge is -2.14. The van der Waals surface area contributed by atoms with Gasteiger partial charge in [0.2, 0.25) is 0 Å². The Kier molecular flexibility index (Phi) is 2.16. The Morgan fingerprint density at radius 1 is 1.36 bits per heavy atom. The van der Waals surface area contributed by atoms with Crippen molar-refractivity contribution in [1.82, 2.24) is 0 Å². The molecule has 2 rings (SSSR count). The first-order chi connectivity index (χ1) is 6.58. The smallest absolute Gasteiger partial charge is 0.170 e. The third-order valence-corrected chi connectivity index (χ3v) is 2.50. The molecule has 1 aliphatic rings. The first-order valence-electron chi connectivity index (χ1n) is 4.45. The summed E-state index contributed by atoms with van der Waals surface area (Å²) in [7, 11) is 0. The molecule has 0 saturated carbocycles. The Labute approximate surface area is 87.6 Å². The molecular formula is C11H10ClNO. The van der Waals surface area contributed by atoms with Gasteiger partial charge in [0.15, 0.2) is 5.78 Å². The molecule has 0 unspecified atom stereocenters. The van der Waals surface area contributed by atoms with Gasteiger partial charge in [0.05, 0.1) is 5.69 Å². The summed E-state index contributed by atoms with van der Waals surface area (Å²) >= 11 is 5.88. The number of carbonyl (C=O) groups excluding carboxylic acids is 1. The van der Waals surface area contributed by atoms with Crippen LogP contribution in [0.25, 0.3) is 0 Å². The van der Waals surface area contributed by atoms with E-state index in [4.69, 9.17) is 11.6 Å². The number of aliphatic imine (C=N–C) groups is 1. The second-order valence-electron chi connectivity index (χ2n) is 3.57. The Morgan fingerprint density at radius 3 is 2.79 bits per heavy atom. The van der Waals surface area contributed by atoms with Gasteiger partial charge in [-0.05, 0) is 31.5 Å². The third kappa shape index (κ3) is 1.46. The Balaban J connectivity index is 2.72. The monoisotopic (exact) mass is 207 g/mol. The summed E-state index contributed by atoms with van der Waals surface area (Å²) in [4.78, 5) is 16.0. The molecule has 1 aliphatic heterocycles. The van der Waals surface area contributed by atoms with Gasteiger partial charge in [-0.2, -0.15) is 0 Å². The number of fused-ring (bicyclic) bond motifs is 1. The molecule has 0 radical (unpaired) electrons. The molecule has 0 amide bonds. The average molecular weight is 208 g/mol. The summed E-state index contributed by atoms with van der Waals surface area (Å²) in [5, 5.41) is 0.601. The number of halogens is 1. The van der Waals surface area contributed by atoms with Gasteiger partial charge >= 0.3 is 0 Å². The molecular weight excluding hydrogens is 198 g/mol. The zero-order valence-corrected chi connectivity index (χ0v) is 8.85. The Bertz CT molecular complexity index is 449. The van der Waals surface area contributed by atoms with Gasteiger partial charge in [-0.25, -0.2) is 0 Å². The molecule has 0 aliphatic carbocycles. The van der Waals surface area contributed by atoms with Crippen molar-refractivity contribution in [2.75, 3.05) is 0 Å². The number of ketones is 1. The van der Waals surface area contributed by atoms with Crippen molar-refractivity contribution in [3.63, 3.8) is 0 Å². The van der Waals surface area contributed by atoms with Crippen molar-refractivity contribution < 1.29 is 4.79 Å². The van der Waals surface area contributed by atoms with Crippen LogP contribution in [0.3, 0.4) is 0 Å². The molecule has 0 saturated heterocycles. The van der Waals surface area contributed by atoms with Crippen LogP contribution in [0.4, 0.5) is 5.69 Å². The molecule has 0 N–H and O–H groups in total. The van der Waals surface area contributed by atoms with Crippen molar-refractivity contribution in [3.05, 3.63) is 28.3 Å². The lowest BCUT2D eigenvalue weighted by atomic mass is 9.98. The van der Waals surface area contributed by atoms with E-state index in [1.165, 1.54) is 0 Å². The largest absolute Gasteiger partial charge is 0.294 e. The molecule has 1 aromatic carbocycles. The fraction of sp³-hybridized carbons (Fsp3) is 0.273. The van der Waals surface area contributed by atoms with Crippen LogP contribution >= 0.6 is 11.6 Å². The minimum absolute atomic E-state index is 0.109. The van der Waals surface area contributed by atoms with E-state index >= 15 is 0 Å². The lowest BCUT2D eigenvalue weighted by molar-refractivity contribution is 0.0999. The quantitative estimate of drug-likeness (QED) is 0.642. The zero-order valence-electron chi connectivity index (χ0n) is 8.10. The summed E-state index contributed by atoms with van der Waals surface area (Å²) in [6, 6.07) is 3.53. The molecule has 1 aromatic rings. The van der Waals surface area contributed by atoms with Gasteiger partial charge in [0.25, 0.3) is 0 Å². The number of rotatable bonds is 0. The number of nitrogens with zero attached hydrogens (tertiary/aromatic N) is 1. The second kappa shape index (κ2) is 3.21. The first kappa shape index (κ1) is 9.41. The van der Waals surface area contributed by atoms with Crippen molar-refractivity contribution in [3.8, 4) is 0 Å². The van der Waals surface area contributed by atoms with Crippen LogP contribution in [0.5, 0.6) is 0 Å². The van der Waals surface area contributed by atoms with E-state index in [-0.39, 0.29) is 5.78 Å². The van der Waals surface area contributed by atoms with Crippen LogP contribution in [-0.4, -0.2) is 11.5 Å². The van der Waals surface area contributed by atoms with Crippen molar-refractivity contribution >= 4 is 28.8 Å². The molecule has 0 atom stereocenters. The zero-order chi connectivity index (χ0) is 10.3. The molecule has 0 bridgehead atoms. The maximum absolute atomic E-state index is 11.7. The van der Waals surface area contributed by atoms with Gasteiger partial charge in [-0.1, -0.05) is 11.6 Å². The van der Waals surface area contributed by atoms with E-state index in [0.29, 0.717) is 17.0 Å². The minimum atomic E-state index is 0.109. The SMILES string of the molecule is CC1=Nc2c(C)cc(Cl)cc2C(=O)C1. The van der Waals surface area contributed by atoms with E-state index in [1.54, 1.807) is 6.07 Å². The van der Waals surface area contributed by atoms with E-state index < -0.39 is 0 Å². The van der Waals surface area contributed by atoms with Crippen molar-refractivity contribution in [1.29, 1.82) is 0 Å². The lowest BCUT2D eigenvalue weighted by Crippen LogP contribution is -2.11. The second-order valence-corrected chi connectivity index (χ2v) is 4.00. The highest BCUT2D eigenvalue weighted by Crippen LogP contribution is 2.32. The highest BCUT2D eigenvalue weighted by molar-refractivity contribution is 6.31. The van der Waals surface area contributed by atoms with E-state index in [1.807, 2.05) is 19.9 Å². The van der Waals surface area contributed by atoms with E-state index in [0.717, 1.165) is 17.0 Å². The number of hydrogen-bond acceptors (Lipinski definition) is 2. The fourth-order valence-electron chi connectivity index (χ4n) is 1.65. The van der Waals surface area contributed by atoms with Crippen molar-refractivity contribution in [2.24, 2.45) is 4.99 Å². The predicted molar refractivity (Wildman–Crippen MR) is 57.9 cm³/mol. The van der Waals surface area contributed by atoms with Gasteiger partial charge in [0, 0.05) is 22.7 Å². The highest BCUT2D eigenvalue weighted by atomic mass is 35.5. The summed E-state index contributed by atoms with van der Waals surface area (Å²) in [5.74, 6) is 0.109. The molecule has 0 fully saturated rings. The Morgan fingerprint density at radius 2 is 2.07 bits per heavy atom. The number of hydrogen-bond donors (Lipinski definition) is 0. The van der Waals surface area contributed by atoms with Gasteiger partial charge in [-0.3, -0.25) is 9.79 Å². The topological polar surface area (TPSA) is 29.4 Å². The van der Waals surface area contributed by atoms with Crippen LogP contribution in [0.2, 0.25) is 5.02 Å². The summed E-state index contributed by atoms with van der Waals surface area (Å²) in [5.41, 5.74) is 3.26. The van der Waals surface area contributed by atoms with Crippen LogP contribution in [0.1, 0.15) is 29.3 Å². The fourth-order valence-corrected chi connectivity index (χ4v) is 1.93. The summed E-state index contributed by atoms with van der Waals surface area (Å²) < 4.78 is 0. The highest BCUT2D eigenvalue weighted by Gasteiger charge is 2.19. The molecule has 14 heavy (non-hydrogen) atoms. The van der Waals surface area contributed by atoms with Crippen LogP contribution in [0, 0.1) is 6.92 Å². The standard InChI is InChI=1S/C11H10ClNO/c1-6-3-8(12)5-9-10(14)4-7(2)13-11(6)9/h3,5H,4H2,1-2H3. The number of Topliss-reactive ketones (excluding diaryl/α,β-unsaturated/α-hetero) is 1. The van der Waals surface area contributed by atoms with Crippen LogP contribution in [0.15, 0.2) is 17.1 Å². The normalized spacial score (nSPS) is 15.1. The number of carbonyl (C=O) groups is 1. The van der Waals surface area contributed by atoms with Gasteiger partial charge < -0.3 is 0 Å². The Hall–Kier alpha value is -1.15. The molecule has 3 heteroatoms. The maximum atomic E-state index is 11.7.